The Morgan fingerprint density at radius 3 is 2.52 bits per heavy atom. The first-order valence-corrected chi connectivity index (χ1v) is 7.01. The summed E-state index contributed by atoms with van der Waals surface area (Å²) in [6, 6.07) is 5.49. The van der Waals surface area contributed by atoms with Gasteiger partial charge in [-0.1, -0.05) is 6.07 Å². The van der Waals surface area contributed by atoms with Crippen molar-refractivity contribution in [3.63, 3.8) is 0 Å². The minimum absolute atomic E-state index is 0.0286. The minimum Gasteiger partial charge on any atom is -0.496 e. The lowest BCUT2D eigenvalue weighted by atomic mass is 10.1. The number of hydrogen-bond donors (Lipinski definition) is 0. The molecule has 0 amide bonds. The van der Waals surface area contributed by atoms with Gasteiger partial charge in [0.1, 0.15) is 12.4 Å². The molecule has 0 aromatic heterocycles. The van der Waals surface area contributed by atoms with Gasteiger partial charge in [-0.3, -0.25) is 4.79 Å². The summed E-state index contributed by atoms with van der Waals surface area (Å²) in [5.41, 5.74) is 1.60. The lowest BCUT2D eigenvalue weighted by molar-refractivity contribution is 0.0381. The van der Waals surface area contributed by atoms with Crippen LogP contribution in [0.3, 0.4) is 0 Å². The molecule has 0 saturated carbocycles. The molecule has 0 radical (unpaired) electrons. The standard InChI is InChI=1S/C16H24O5/c1-13-5-6-14(16(11-13)19-3)15(17)12-21-10-9-20-8-4-7-18-2/h5-6,11H,4,7-10,12H2,1-3H3. The average molecular weight is 296 g/mol. The van der Waals surface area contributed by atoms with Gasteiger partial charge in [-0.05, 0) is 31.0 Å². The number of rotatable bonds is 11. The number of ether oxygens (including phenoxy) is 4. The van der Waals surface area contributed by atoms with Crippen LogP contribution in [0.15, 0.2) is 18.2 Å². The van der Waals surface area contributed by atoms with Gasteiger partial charge < -0.3 is 18.9 Å². The molecule has 0 unspecified atom stereocenters. The maximum absolute atomic E-state index is 12.0. The highest BCUT2D eigenvalue weighted by Gasteiger charge is 2.12. The SMILES string of the molecule is COCCCOCCOCC(=O)c1ccc(C)cc1OC. The first-order chi connectivity index (χ1) is 10.2. The third-order valence-electron chi connectivity index (χ3n) is 2.90. The van der Waals surface area contributed by atoms with Gasteiger partial charge in [0.15, 0.2) is 5.78 Å². The Bertz CT molecular complexity index is 431. The third-order valence-corrected chi connectivity index (χ3v) is 2.90. The van der Waals surface area contributed by atoms with Crippen molar-refractivity contribution >= 4 is 5.78 Å². The second-order valence-electron chi connectivity index (χ2n) is 4.64. The molecule has 1 aromatic carbocycles. The summed E-state index contributed by atoms with van der Waals surface area (Å²) < 4.78 is 20.8. The van der Waals surface area contributed by atoms with E-state index in [9.17, 15) is 4.79 Å². The van der Waals surface area contributed by atoms with Crippen LogP contribution in [0.4, 0.5) is 0 Å². The summed E-state index contributed by atoms with van der Waals surface area (Å²) >= 11 is 0. The van der Waals surface area contributed by atoms with E-state index in [1.165, 1.54) is 0 Å². The van der Waals surface area contributed by atoms with Crippen molar-refractivity contribution in [2.75, 3.05) is 47.3 Å². The molecule has 0 aliphatic rings. The summed E-state index contributed by atoms with van der Waals surface area (Å²) in [4.78, 5) is 12.0. The van der Waals surface area contributed by atoms with Crippen LogP contribution >= 0.6 is 0 Å². The van der Waals surface area contributed by atoms with E-state index < -0.39 is 0 Å². The van der Waals surface area contributed by atoms with Crippen LogP contribution in [0, 0.1) is 6.92 Å². The Labute approximate surface area is 126 Å². The number of benzene rings is 1. The average Bonchev–Trinajstić information content (AvgIpc) is 2.49. The van der Waals surface area contributed by atoms with Crippen LogP contribution in [-0.4, -0.2) is 53.0 Å². The Morgan fingerprint density at radius 1 is 1.05 bits per heavy atom. The molecule has 0 heterocycles. The van der Waals surface area contributed by atoms with Crippen molar-refractivity contribution in [3.8, 4) is 5.75 Å². The number of hydrogen-bond acceptors (Lipinski definition) is 5. The zero-order valence-corrected chi connectivity index (χ0v) is 13.0. The van der Waals surface area contributed by atoms with Crippen molar-refractivity contribution in [2.24, 2.45) is 0 Å². The number of aryl methyl sites for hydroxylation is 1. The molecule has 0 bridgehead atoms. The molecule has 0 fully saturated rings. The van der Waals surface area contributed by atoms with Crippen LogP contribution in [-0.2, 0) is 14.2 Å². The first kappa shape index (κ1) is 17.6. The highest BCUT2D eigenvalue weighted by Crippen LogP contribution is 2.20. The van der Waals surface area contributed by atoms with Gasteiger partial charge >= 0.3 is 0 Å². The molecular formula is C16H24O5. The lowest BCUT2D eigenvalue weighted by Crippen LogP contribution is -2.14. The maximum Gasteiger partial charge on any atom is 0.192 e. The fourth-order valence-corrected chi connectivity index (χ4v) is 1.80. The van der Waals surface area contributed by atoms with E-state index >= 15 is 0 Å². The van der Waals surface area contributed by atoms with Crippen LogP contribution in [0.25, 0.3) is 0 Å². The van der Waals surface area contributed by atoms with Crippen LogP contribution in [0.5, 0.6) is 5.75 Å². The number of methoxy groups -OCH3 is 2. The molecular weight excluding hydrogens is 272 g/mol. The molecule has 21 heavy (non-hydrogen) atoms. The molecule has 5 heteroatoms. The zero-order valence-electron chi connectivity index (χ0n) is 13.0. The quantitative estimate of drug-likeness (QED) is 0.463. The number of ketones is 1. The molecule has 5 nitrogen and oxygen atoms in total. The Balaban J connectivity index is 2.25. The molecule has 0 aliphatic carbocycles. The number of Topliss-reactive ketones (excluding diaryl/α,β-unsaturated/α-hetero) is 1. The molecule has 0 atom stereocenters. The summed E-state index contributed by atoms with van der Waals surface area (Å²) in [7, 11) is 3.22. The van der Waals surface area contributed by atoms with E-state index in [1.807, 2.05) is 19.1 Å². The molecule has 1 rings (SSSR count). The predicted molar refractivity (Wildman–Crippen MR) is 80.2 cm³/mol. The van der Waals surface area contributed by atoms with Gasteiger partial charge in [-0.15, -0.1) is 0 Å². The van der Waals surface area contributed by atoms with Gasteiger partial charge in [-0.25, -0.2) is 0 Å². The Kier molecular flexibility index (Phi) is 8.66. The third kappa shape index (κ3) is 6.71. The Morgan fingerprint density at radius 2 is 1.81 bits per heavy atom. The zero-order chi connectivity index (χ0) is 15.5. The molecule has 0 saturated heterocycles. The number of carbonyl (C=O) groups is 1. The van der Waals surface area contributed by atoms with Gasteiger partial charge in [0.25, 0.3) is 0 Å². The van der Waals surface area contributed by atoms with Crippen LogP contribution in [0.2, 0.25) is 0 Å². The van der Waals surface area contributed by atoms with Gasteiger partial charge in [-0.2, -0.15) is 0 Å². The highest BCUT2D eigenvalue weighted by atomic mass is 16.5. The molecule has 0 spiro atoms. The van der Waals surface area contributed by atoms with Gasteiger partial charge in [0.05, 0.1) is 25.9 Å². The molecule has 118 valence electrons. The molecule has 0 aliphatic heterocycles. The van der Waals surface area contributed by atoms with Crippen LogP contribution in [0.1, 0.15) is 22.3 Å². The van der Waals surface area contributed by atoms with Crippen molar-refractivity contribution in [1.29, 1.82) is 0 Å². The summed E-state index contributed by atoms with van der Waals surface area (Å²) in [6.07, 6.45) is 0.857. The predicted octanol–water partition coefficient (Wildman–Crippen LogP) is 2.26. The monoisotopic (exact) mass is 296 g/mol. The van der Waals surface area contributed by atoms with E-state index in [2.05, 4.69) is 0 Å². The van der Waals surface area contributed by atoms with E-state index in [1.54, 1.807) is 20.3 Å². The second-order valence-corrected chi connectivity index (χ2v) is 4.64. The second kappa shape index (κ2) is 10.3. The molecule has 1 aromatic rings. The van der Waals surface area contributed by atoms with Crippen molar-refractivity contribution in [1.82, 2.24) is 0 Å². The summed E-state index contributed by atoms with van der Waals surface area (Å²) in [5, 5.41) is 0. The maximum atomic E-state index is 12.0. The van der Waals surface area contributed by atoms with E-state index in [0.29, 0.717) is 37.7 Å². The van der Waals surface area contributed by atoms with E-state index in [-0.39, 0.29) is 12.4 Å². The van der Waals surface area contributed by atoms with Crippen molar-refractivity contribution in [3.05, 3.63) is 29.3 Å². The topological polar surface area (TPSA) is 54.0 Å². The first-order valence-electron chi connectivity index (χ1n) is 7.01. The fraction of sp³-hybridized carbons (Fsp3) is 0.562. The normalized spacial score (nSPS) is 10.6. The lowest BCUT2D eigenvalue weighted by Gasteiger charge is -2.09. The minimum atomic E-state index is -0.0915. The van der Waals surface area contributed by atoms with Gasteiger partial charge in [0, 0.05) is 20.3 Å². The highest BCUT2D eigenvalue weighted by molar-refractivity contribution is 5.99. The largest absolute Gasteiger partial charge is 0.496 e. The van der Waals surface area contributed by atoms with Crippen LogP contribution < -0.4 is 4.74 Å². The summed E-state index contributed by atoms with van der Waals surface area (Å²) in [5.74, 6) is 0.491. The molecule has 0 N–H and O–H groups in total. The Hall–Kier alpha value is -1.43. The van der Waals surface area contributed by atoms with Crippen molar-refractivity contribution in [2.45, 2.75) is 13.3 Å². The van der Waals surface area contributed by atoms with Gasteiger partial charge in [0.2, 0.25) is 0 Å². The summed E-state index contributed by atoms with van der Waals surface area (Å²) in [6.45, 7) is 4.17. The van der Waals surface area contributed by atoms with Crippen molar-refractivity contribution < 1.29 is 23.7 Å². The van der Waals surface area contributed by atoms with E-state index in [4.69, 9.17) is 18.9 Å². The number of carbonyl (C=O) groups excluding carboxylic acids is 1. The smallest absolute Gasteiger partial charge is 0.192 e. The fourth-order valence-electron chi connectivity index (χ4n) is 1.80. The van der Waals surface area contributed by atoms with E-state index in [0.717, 1.165) is 12.0 Å².